The molecule has 4 rings (SSSR count). The number of aromatic amines is 1. The van der Waals surface area contributed by atoms with E-state index in [2.05, 4.69) is 15.0 Å². The first-order chi connectivity index (χ1) is 15.3. The molecule has 31 heavy (non-hydrogen) atoms. The van der Waals surface area contributed by atoms with Gasteiger partial charge in [-0.1, -0.05) is 30.0 Å². The minimum Gasteiger partial charge on any atom is -0.410 e. The summed E-state index contributed by atoms with van der Waals surface area (Å²) in [5.74, 6) is 3.18. The molecule has 0 saturated carbocycles. The lowest BCUT2D eigenvalue weighted by Crippen LogP contribution is -2.40. The smallest absolute Gasteiger partial charge is 0.410 e. The van der Waals surface area contributed by atoms with Crippen LogP contribution in [0.3, 0.4) is 0 Å². The van der Waals surface area contributed by atoms with E-state index >= 15 is 0 Å². The number of likely N-dealkylation sites (tertiary alicyclic amines) is 1. The van der Waals surface area contributed by atoms with Crippen LogP contribution in [-0.2, 0) is 6.42 Å². The van der Waals surface area contributed by atoms with Crippen molar-refractivity contribution in [1.29, 1.82) is 0 Å². The van der Waals surface area contributed by atoms with E-state index in [0.717, 1.165) is 54.0 Å². The van der Waals surface area contributed by atoms with Crippen LogP contribution in [0, 0.1) is 5.92 Å². The van der Waals surface area contributed by atoms with Crippen LogP contribution in [0.1, 0.15) is 18.4 Å². The van der Waals surface area contributed by atoms with Crippen molar-refractivity contribution in [2.24, 2.45) is 5.92 Å². The van der Waals surface area contributed by atoms with Gasteiger partial charge in [-0.25, -0.2) is 14.8 Å². The zero-order valence-corrected chi connectivity index (χ0v) is 18.9. The predicted octanol–water partition coefficient (Wildman–Crippen LogP) is 5.14. The molecule has 0 spiro atoms. The molecule has 2 aromatic heterocycles. The maximum atomic E-state index is 12.5. The molecule has 0 atom stereocenters. The van der Waals surface area contributed by atoms with E-state index in [-0.39, 0.29) is 6.09 Å². The molecule has 1 saturated heterocycles. The summed E-state index contributed by atoms with van der Waals surface area (Å²) in [5.41, 5.74) is 1.22. The lowest BCUT2D eigenvalue weighted by molar-refractivity contribution is 0.134. The SMILES string of the molecule is O=C(Oc1ccc(CCSc2ccccn2)cc1)N1CCC(CSc2ncc[nH]2)CC1. The van der Waals surface area contributed by atoms with E-state index in [4.69, 9.17) is 4.74 Å². The Hall–Kier alpha value is -2.45. The van der Waals surface area contributed by atoms with Crippen molar-refractivity contribution >= 4 is 29.6 Å². The van der Waals surface area contributed by atoms with Gasteiger partial charge in [0.1, 0.15) is 5.75 Å². The fourth-order valence-corrected chi connectivity index (χ4v) is 5.27. The monoisotopic (exact) mass is 454 g/mol. The van der Waals surface area contributed by atoms with Gasteiger partial charge in [0.25, 0.3) is 0 Å². The number of benzene rings is 1. The third kappa shape index (κ3) is 6.77. The number of piperidine rings is 1. The van der Waals surface area contributed by atoms with E-state index in [9.17, 15) is 4.79 Å². The Morgan fingerprint density at radius 1 is 1.06 bits per heavy atom. The molecule has 0 unspecified atom stereocenters. The fraction of sp³-hybridized carbons (Fsp3) is 0.348. The van der Waals surface area contributed by atoms with Crippen molar-refractivity contribution in [2.75, 3.05) is 24.6 Å². The number of aryl methyl sites for hydroxylation is 1. The fourth-order valence-electron chi connectivity index (χ4n) is 3.40. The van der Waals surface area contributed by atoms with E-state index in [1.165, 1.54) is 5.56 Å². The number of carbonyl (C=O) groups excluding carboxylic acids is 1. The Balaban J connectivity index is 1.16. The summed E-state index contributed by atoms with van der Waals surface area (Å²) in [6.07, 6.45) is 8.11. The molecular weight excluding hydrogens is 428 g/mol. The van der Waals surface area contributed by atoms with Gasteiger partial charge >= 0.3 is 6.09 Å². The molecule has 1 fully saturated rings. The highest BCUT2D eigenvalue weighted by molar-refractivity contribution is 7.99. The second-order valence-corrected chi connectivity index (χ2v) is 9.54. The van der Waals surface area contributed by atoms with Crippen LogP contribution >= 0.6 is 23.5 Å². The van der Waals surface area contributed by atoms with Gasteiger partial charge in [0, 0.05) is 43.2 Å². The van der Waals surface area contributed by atoms with Gasteiger partial charge in [-0.3, -0.25) is 0 Å². The Morgan fingerprint density at radius 2 is 1.90 bits per heavy atom. The topological polar surface area (TPSA) is 71.1 Å². The molecule has 0 radical (unpaired) electrons. The number of H-pyrrole nitrogens is 1. The van der Waals surface area contributed by atoms with Crippen LogP contribution < -0.4 is 4.74 Å². The Kier molecular flexibility index (Phi) is 7.90. The zero-order valence-electron chi connectivity index (χ0n) is 17.3. The van der Waals surface area contributed by atoms with Crippen molar-refractivity contribution in [3.8, 4) is 5.75 Å². The Labute approximate surface area is 191 Å². The number of ether oxygens (including phenoxy) is 1. The molecule has 8 heteroatoms. The number of nitrogens with one attached hydrogen (secondary N) is 1. The summed E-state index contributed by atoms with van der Waals surface area (Å²) in [6.45, 7) is 1.48. The number of carbonyl (C=O) groups is 1. The summed E-state index contributed by atoms with van der Waals surface area (Å²) in [5, 5.41) is 2.00. The molecule has 3 aromatic rings. The summed E-state index contributed by atoms with van der Waals surface area (Å²) in [6, 6.07) is 13.8. The lowest BCUT2D eigenvalue weighted by atomic mass is 9.99. The number of rotatable bonds is 8. The molecule has 1 aliphatic heterocycles. The largest absolute Gasteiger partial charge is 0.415 e. The van der Waals surface area contributed by atoms with Gasteiger partial charge in [-0.05, 0) is 55.0 Å². The average Bonchev–Trinajstić information content (AvgIpc) is 3.34. The van der Waals surface area contributed by atoms with Crippen LogP contribution in [0.4, 0.5) is 4.79 Å². The number of aromatic nitrogens is 3. The van der Waals surface area contributed by atoms with Crippen molar-refractivity contribution in [3.05, 3.63) is 66.6 Å². The van der Waals surface area contributed by atoms with Gasteiger partial charge in [0.2, 0.25) is 0 Å². The lowest BCUT2D eigenvalue weighted by Gasteiger charge is -2.30. The first kappa shape index (κ1) is 21.8. The minimum absolute atomic E-state index is 0.254. The van der Waals surface area contributed by atoms with Gasteiger partial charge in [0.15, 0.2) is 5.16 Å². The maximum Gasteiger partial charge on any atom is 0.415 e. The van der Waals surface area contributed by atoms with Crippen molar-refractivity contribution in [2.45, 2.75) is 29.4 Å². The van der Waals surface area contributed by atoms with Gasteiger partial charge in [-0.15, -0.1) is 11.8 Å². The molecule has 0 bridgehead atoms. The predicted molar refractivity (Wildman–Crippen MR) is 125 cm³/mol. The molecule has 1 amide bonds. The van der Waals surface area contributed by atoms with Crippen LogP contribution in [0.15, 0.2) is 71.2 Å². The summed E-state index contributed by atoms with van der Waals surface area (Å²) < 4.78 is 5.59. The molecule has 1 N–H and O–H groups in total. The molecule has 6 nitrogen and oxygen atoms in total. The van der Waals surface area contributed by atoms with Gasteiger partial charge in [-0.2, -0.15) is 0 Å². The van der Waals surface area contributed by atoms with Crippen LogP contribution in [0.2, 0.25) is 0 Å². The Morgan fingerprint density at radius 3 is 2.61 bits per heavy atom. The van der Waals surface area contributed by atoms with E-state index in [1.54, 1.807) is 29.7 Å². The van der Waals surface area contributed by atoms with Gasteiger partial charge < -0.3 is 14.6 Å². The summed E-state index contributed by atoms with van der Waals surface area (Å²) in [7, 11) is 0. The number of pyridine rings is 1. The number of thioether (sulfide) groups is 2. The highest BCUT2D eigenvalue weighted by Crippen LogP contribution is 2.25. The minimum atomic E-state index is -0.254. The first-order valence-electron chi connectivity index (χ1n) is 10.5. The van der Waals surface area contributed by atoms with E-state index < -0.39 is 0 Å². The number of nitrogens with zero attached hydrogens (tertiary/aromatic N) is 3. The molecule has 0 aliphatic carbocycles. The standard InChI is InChI=1S/C23H26N4O2S2/c28-23(27-14-8-19(9-15-27)17-31-22-25-12-13-26-22)29-20-6-4-18(5-7-20)10-16-30-21-3-1-2-11-24-21/h1-7,11-13,19H,8-10,14-17H2,(H,25,26). The number of imidazole rings is 1. The van der Waals surface area contributed by atoms with Crippen molar-refractivity contribution in [1.82, 2.24) is 19.9 Å². The third-order valence-corrected chi connectivity index (χ3v) is 7.29. The second-order valence-electron chi connectivity index (χ2n) is 7.41. The second kappa shape index (κ2) is 11.2. The van der Waals surface area contributed by atoms with Crippen LogP contribution in [0.5, 0.6) is 5.75 Å². The first-order valence-corrected chi connectivity index (χ1v) is 12.4. The zero-order chi connectivity index (χ0) is 21.3. The van der Waals surface area contributed by atoms with Crippen LogP contribution in [0.25, 0.3) is 0 Å². The molecular formula is C23H26N4O2S2. The number of amides is 1. The number of hydrogen-bond acceptors (Lipinski definition) is 6. The highest BCUT2D eigenvalue weighted by Gasteiger charge is 2.24. The maximum absolute atomic E-state index is 12.5. The van der Waals surface area contributed by atoms with E-state index in [1.807, 2.05) is 59.8 Å². The number of hydrogen-bond donors (Lipinski definition) is 1. The molecule has 1 aliphatic rings. The Bertz CT molecular complexity index is 928. The van der Waals surface area contributed by atoms with Crippen molar-refractivity contribution < 1.29 is 9.53 Å². The average molecular weight is 455 g/mol. The normalized spacial score (nSPS) is 14.5. The third-order valence-electron chi connectivity index (χ3n) is 5.21. The summed E-state index contributed by atoms with van der Waals surface area (Å²) in [4.78, 5) is 26.0. The van der Waals surface area contributed by atoms with Crippen molar-refractivity contribution in [3.63, 3.8) is 0 Å². The highest BCUT2D eigenvalue weighted by atomic mass is 32.2. The van der Waals surface area contributed by atoms with Gasteiger partial charge in [0.05, 0.1) is 5.03 Å². The molecule has 3 heterocycles. The van der Waals surface area contributed by atoms with E-state index in [0.29, 0.717) is 11.7 Å². The molecule has 162 valence electrons. The summed E-state index contributed by atoms with van der Waals surface area (Å²) >= 11 is 3.49. The van der Waals surface area contributed by atoms with Crippen LogP contribution in [-0.4, -0.2) is 50.5 Å². The molecule has 1 aromatic carbocycles. The quantitative estimate of drug-likeness (QED) is 0.475.